The maximum absolute atomic E-state index is 2.57. The molecule has 0 fully saturated rings. The molecule has 314 valence electrons. The van der Waals surface area contributed by atoms with Crippen LogP contribution >= 0.6 is 0 Å². The lowest BCUT2D eigenvalue weighted by atomic mass is 9.33. The number of nitrogens with zero attached hydrogens (tertiary/aromatic N) is 2. The molecule has 2 heterocycles. The summed E-state index contributed by atoms with van der Waals surface area (Å²) in [7, 11) is 0. The largest absolute Gasteiger partial charge is 0.311 e. The molecule has 0 atom stereocenters. The van der Waals surface area contributed by atoms with Crippen molar-refractivity contribution in [2.75, 3.05) is 9.80 Å². The lowest BCUT2D eigenvalue weighted by Crippen LogP contribution is -2.61. The van der Waals surface area contributed by atoms with E-state index < -0.39 is 0 Å². The summed E-state index contributed by atoms with van der Waals surface area (Å²) in [5, 5.41) is 0. The van der Waals surface area contributed by atoms with Gasteiger partial charge in [0.1, 0.15) is 0 Å². The molecule has 0 radical (unpaired) electrons. The van der Waals surface area contributed by atoms with Crippen LogP contribution in [0.3, 0.4) is 0 Å². The van der Waals surface area contributed by atoms with Gasteiger partial charge in [0.15, 0.2) is 0 Å². The van der Waals surface area contributed by atoms with Crippen LogP contribution in [0.1, 0.15) is 52.7 Å². The average molecular weight is 837 g/mol. The average Bonchev–Trinajstić information content (AvgIpc) is 3.34. The summed E-state index contributed by atoms with van der Waals surface area (Å²) in [6, 6.07) is 79.3. The molecule has 65 heavy (non-hydrogen) atoms. The lowest BCUT2D eigenvalue weighted by Gasteiger charge is -2.44. The van der Waals surface area contributed by atoms with Gasteiger partial charge in [-0.15, -0.1) is 0 Å². The number of anilines is 6. The van der Waals surface area contributed by atoms with Gasteiger partial charge in [-0.2, -0.15) is 0 Å². The normalized spacial score (nSPS) is 13.0. The third-order valence-corrected chi connectivity index (χ3v) is 13.6. The summed E-state index contributed by atoms with van der Waals surface area (Å²) in [5.41, 5.74) is 23.4. The van der Waals surface area contributed by atoms with E-state index in [1.165, 1.54) is 100 Å². The number of hydrogen-bond donors (Lipinski definition) is 0. The zero-order valence-corrected chi connectivity index (χ0v) is 38.2. The van der Waals surface area contributed by atoms with Gasteiger partial charge in [-0.25, -0.2) is 0 Å². The quantitative estimate of drug-likeness (QED) is 0.154. The molecular weight excluding hydrogens is 784 g/mol. The smallest absolute Gasteiger partial charge is 0.252 e. The highest BCUT2D eigenvalue weighted by molar-refractivity contribution is 7.00. The standard InChI is InChI=1S/C62H53BN2/c1-61(2,3)49-31-25-46(26-32-49)52-41-50(62(4,5)6)33-38-55(52)65-57-37-30-48(44-21-14-9-15-22-44)40-54(57)63-53-39-47(43-19-12-8-13-20-43)29-36-56(53)64(58-23-16-24-59(65)60(58)63)51-34-27-45(28-35-51)42-17-10-7-11-18-42/h7-41H,1-6H3. The molecule has 2 nitrogen and oxygen atoms in total. The molecule has 0 saturated heterocycles. The van der Waals surface area contributed by atoms with Crippen molar-refractivity contribution < 1.29 is 0 Å². The van der Waals surface area contributed by atoms with E-state index in [2.05, 4.69) is 264 Å². The fourth-order valence-corrected chi connectivity index (χ4v) is 10.1. The first-order valence-electron chi connectivity index (χ1n) is 23.0. The second kappa shape index (κ2) is 15.7. The fraction of sp³-hybridized carbons (Fsp3) is 0.129. The minimum Gasteiger partial charge on any atom is -0.311 e. The third-order valence-electron chi connectivity index (χ3n) is 13.6. The van der Waals surface area contributed by atoms with E-state index in [0.29, 0.717) is 0 Å². The summed E-state index contributed by atoms with van der Waals surface area (Å²) >= 11 is 0. The van der Waals surface area contributed by atoms with Gasteiger partial charge in [0.2, 0.25) is 0 Å². The molecule has 0 aromatic heterocycles. The highest BCUT2D eigenvalue weighted by Gasteiger charge is 2.44. The van der Waals surface area contributed by atoms with Gasteiger partial charge in [-0.1, -0.05) is 205 Å². The highest BCUT2D eigenvalue weighted by atomic mass is 15.2. The molecule has 0 bridgehead atoms. The second-order valence-electron chi connectivity index (χ2n) is 19.8. The number of hydrogen-bond acceptors (Lipinski definition) is 2. The van der Waals surface area contributed by atoms with Crippen LogP contribution in [0.25, 0.3) is 44.5 Å². The monoisotopic (exact) mass is 836 g/mol. The first-order valence-corrected chi connectivity index (χ1v) is 23.0. The Labute approximate surface area is 385 Å². The molecule has 9 aromatic rings. The Morgan fingerprint density at radius 2 is 0.723 bits per heavy atom. The Morgan fingerprint density at radius 3 is 1.25 bits per heavy atom. The van der Waals surface area contributed by atoms with Gasteiger partial charge in [-0.05, 0) is 126 Å². The van der Waals surface area contributed by atoms with Crippen LogP contribution in [-0.2, 0) is 10.8 Å². The Morgan fingerprint density at radius 1 is 0.308 bits per heavy atom. The first kappa shape index (κ1) is 40.4. The summed E-state index contributed by atoms with van der Waals surface area (Å²) in [6.07, 6.45) is 0. The molecule has 0 spiro atoms. The fourth-order valence-electron chi connectivity index (χ4n) is 10.1. The number of rotatable bonds is 6. The maximum Gasteiger partial charge on any atom is 0.252 e. The van der Waals surface area contributed by atoms with Crippen molar-refractivity contribution in [2.45, 2.75) is 52.4 Å². The Balaban J connectivity index is 1.19. The SMILES string of the molecule is CC(C)(C)c1ccc(-c2cc(C(C)(C)C)ccc2N2c3ccc(-c4ccccc4)cc3B3c4cc(-c5ccccc5)ccc4N(c4ccc(-c5ccccc5)cc4)c4cccc2c43)cc1. The Kier molecular flexibility index (Phi) is 9.77. The van der Waals surface area contributed by atoms with Gasteiger partial charge in [-0.3, -0.25) is 0 Å². The van der Waals surface area contributed by atoms with Crippen molar-refractivity contribution in [1.82, 2.24) is 0 Å². The van der Waals surface area contributed by atoms with E-state index in [0.717, 1.165) is 5.69 Å². The van der Waals surface area contributed by atoms with E-state index in [9.17, 15) is 0 Å². The van der Waals surface area contributed by atoms with Crippen molar-refractivity contribution in [1.29, 1.82) is 0 Å². The van der Waals surface area contributed by atoms with E-state index in [1.807, 2.05) is 0 Å². The van der Waals surface area contributed by atoms with E-state index >= 15 is 0 Å². The maximum atomic E-state index is 2.57. The van der Waals surface area contributed by atoms with E-state index in [-0.39, 0.29) is 17.5 Å². The molecule has 2 aliphatic rings. The van der Waals surface area contributed by atoms with Crippen LogP contribution < -0.4 is 26.2 Å². The van der Waals surface area contributed by atoms with Crippen LogP contribution in [0, 0.1) is 0 Å². The van der Waals surface area contributed by atoms with Gasteiger partial charge < -0.3 is 9.80 Å². The zero-order valence-electron chi connectivity index (χ0n) is 38.2. The van der Waals surface area contributed by atoms with Crippen LogP contribution in [0.15, 0.2) is 212 Å². The Hall–Kier alpha value is -7.36. The van der Waals surface area contributed by atoms with Crippen molar-refractivity contribution in [3.05, 3.63) is 223 Å². The predicted molar refractivity (Wildman–Crippen MR) is 280 cm³/mol. The molecule has 0 aliphatic carbocycles. The minimum absolute atomic E-state index is 0.0296. The highest BCUT2D eigenvalue weighted by Crippen LogP contribution is 2.48. The number of benzene rings is 9. The second-order valence-corrected chi connectivity index (χ2v) is 19.8. The van der Waals surface area contributed by atoms with Crippen molar-refractivity contribution >= 4 is 57.2 Å². The van der Waals surface area contributed by atoms with Gasteiger partial charge >= 0.3 is 0 Å². The molecule has 9 aromatic carbocycles. The van der Waals surface area contributed by atoms with E-state index in [4.69, 9.17) is 0 Å². The molecule has 0 saturated carbocycles. The molecule has 11 rings (SSSR count). The van der Waals surface area contributed by atoms with Crippen LogP contribution in [0.2, 0.25) is 0 Å². The number of fused-ring (bicyclic) bond motifs is 4. The molecule has 2 aliphatic heterocycles. The zero-order chi connectivity index (χ0) is 44.5. The van der Waals surface area contributed by atoms with Crippen LogP contribution in [-0.4, -0.2) is 6.71 Å². The summed E-state index contributed by atoms with van der Waals surface area (Å²) in [6.45, 7) is 13.8. The van der Waals surface area contributed by atoms with Gasteiger partial charge in [0, 0.05) is 34.0 Å². The van der Waals surface area contributed by atoms with E-state index in [1.54, 1.807) is 0 Å². The van der Waals surface area contributed by atoms with Gasteiger partial charge in [0.05, 0.1) is 5.69 Å². The summed E-state index contributed by atoms with van der Waals surface area (Å²) < 4.78 is 0. The Bertz CT molecular complexity index is 3200. The molecule has 0 amide bonds. The third kappa shape index (κ3) is 7.17. The van der Waals surface area contributed by atoms with Crippen LogP contribution in [0.5, 0.6) is 0 Å². The van der Waals surface area contributed by atoms with Crippen molar-refractivity contribution in [2.24, 2.45) is 0 Å². The van der Waals surface area contributed by atoms with Crippen molar-refractivity contribution in [3.8, 4) is 44.5 Å². The minimum atomic E-state index is -0.0310. The lowest BCUT2D eigenvalue weighted by molar-refractivity contribution is 0.590. The molecular formula is C62H53BN2. The predicted octanol–water partition coefficient (Wildman–Crippen LogP) is 15.0. The molecule has 3 heteroatoms. The van der Waals surface area contributed by atoms with Crippen molar-refractivity contribution in [3.63, 3.8) is 0 Å². The molecule has 0 unspecified atom stereocenters. The topological polar surface area (TPSA) is 6.48 Å². The van der Waals surface area contributed by atoms with Crippen LogP contribution in [0.4, 0.5) is 34.1 Å². The molecule has 0 N–H and O–H groups in total. The first-order chi connectivity index (χ1) is 31.5. The van der Waals surface area contributed by atoms with Gasteiger partial charge in [0.25, 0.3) is 6.71 Å². The summed E-state index contributed by atoms with van der Waals surface area (Å²) in [4.78, 5) is 5.08. The summed E-state index contributed by atoms with van der Waals surface area (Å²) in [5.74, 6) is 0.